The maximum Gasteiger partial charge on any atom is 0.244 e. The molecule has 3 rings (SSSR count). The molecule has 1 amide bonds. The fourth-order valence-corrected chi connectivity index (χ4v) is 4.03. The molecule has 1 aliphatic rings. The lowest BCUT2D eigenvalue weighted by Crippen LogP contribution is -2.38. The van der Waals surface area contributed by atoms with E-state index in [4.69, 9.17) is 15.2 Å². The molecule has 29 heavy (non-hydrogen) atoms. The van der Waals surface area contributed by atoms with E-state index in [1.54, 1.807) is 25.6 Å². The molecule has 1 aliphatic heterocycles. The fourth-order valence-electron chi connectivity index (χ4n) is 3.14. The number of nitrogens with zero attached hydrogens (tertiary/aromatic N) is 2. The van der Waals surface area contributed by atoms with Gasteiger partial charge in [0.1, 0.15) is 6.54 Å². The third-order valence-electron chi connectivity index (χ3n) is 4.71. The van der Waals surface area contributed by atoms with Crippen molar-refractivity contribution in [2.24, 2.45) is 10.7 Å². The van der Waals surface area contributed by atoms with Gasteiger partial charge >= 0.3 is 0 Å². The Labute approximate surface area is 192 Å². The SMILES string of the molecule is COc1ccc(CCNC(N)=NCC(=O)N2CCc3sccc3C2)cc1OC.I. The number of fused-ring (bicyclic) bond motifs is 1. The predicted octanol–water partition coefficient (Wildman–Crippen LogP) is 2.42. The van der Waals surface area contributed by atoms with Crippen LogP contribution in [0.1, 0.15) is 16.0 Å². The third-order valence-corrected chi connectivity index (χ3v) is 5.74. The van der Waals surface area contributed by atoms with E-state index >= 15 is 0 Å². The lowest BCUT2D eigenvalue weighted by atomic mass is 10.1. The molecule has 2 aromatic rings. The number of thiophene rings is 1. The molecular weight excluding hydrogens is 503 g/mol. The molecule has 0 radical (unpaired) electrons. The summed E-state index contributed by atoms with van der Waals surface area (Å²) in [6.45, 7) is 2.09. The maximum atomic E-state index is 12.4. The quantitative estimate of drug-likeness (QED) is 0.326. The largest absolute Gasteiger partial charge is 0.493 e. The Bertz CT molecular complexity index is 856. The molecule has 2 heterocycles. The van der Waals surface area contributed by atoms with E-state index in [1.807, 2.05) is 23.1 Å². The van der Waals surface area contributed by atoms with Crippen LogP contribution in [0.2, 0.25) is 0 Å². The first-order valence-electron chi connectivity index (χ1n) is 9.18. The highest BCUT2D eigenvalue weighted by Gasteiger charge is 2.20. The number of hydrogen-bond acceptors (Lipinski definition) is 5. The van der Waals surface area contributed by atoms with Gasteiger partial charge in [-0.05, 0) is 47.5 Å². The molecule has 0 bridgehead atoms. The molecule has 0 fully saturated rings. The van der Waals surface area contributed by atoms with Crippen LogP contribution in [0.3, 0.4) is 0 Å². The van der Waals surface area contributed by atoms with E-state index in [9.17, 15) is 4.79 Å². The first-order chi connectivity index (χ1) is 13.6. The number of nitrogens with two attached hydrogens (primary N) is 1. The van der Waals surface area contributed by atoms with Crippen molar-refractivity contribution in [2.45, 2.75) is 19.4 Å². The highest BCUT2D eigenvalue weighted by molar-refractivity contribution is 14.0. The van der Waals surface area contributed by atoms with Gasteiger partial charge in [0.05, 0.1) is 14.2 Å². The minimum Gasteiger partial charge on any atom is -0.493 e. The van der Waals surface area contributed by atoms with Crippen LogP contribution in [0.15, 0.2) is 34.6 Å². The number of carbonyl (C=O) groups excluding carboxylic acids is 1. The molecule has 0 atom stereocenters. The number of hydrogen-bond donors (Lipinski definition) is 2. The summed E-state index contributed by atoms with van der Waals surface area (Å²) in [7, 11) is 3.23. The summed E-state index contributed by atoms with van der Waals surface area (Å²) in [5.41, 5.74) is 8.24. The second-order valence-corrected chi connectivity index (χ2v) is 7.50. The Morgan fingerprint density at radius 1 is 1.28 bits per heavy atom. The molecule has 0 spiro atoms. The van der Waals surface area contributed by atoms with Crippen LogP contribution >= 0.6 is 35.3 Å². The average Bonchev–Trinajstić information content (AvgIpc) is 3.19. The second-order valence-electron chi connectivity index (χ2n) is 6.50. The summed E-state index contributed by atoms with van der Waals surface area (Å²) in [5, 5.41) is 5.13. The number of rotatable bonds is 7. The van der Waals surface area contributed by atoms with Gasteiger partial charge in [-0.25, -0.2) is 4.99 Å². The smallest absolute Gasteiger partial charge is 0.244 e. The molecule has 0 unspecified atom stereocenters. The van der Waals surface area contributed by atoms with Gasteiger partial charge in [0.2, 0.25) is 5.91 Å². The minimum absolute atomic E-state index is 0. The Kier molecular flexibility index (Phi) is 9.02. The van der Waals surface area contributed by atoms with Crippen LogP contribution in [0, 0.1) is 0 Å². The van der Waals surface area contributed by atoms with Crippen LogP contribution in [-0.2, 0) is 24.2 Å². The van der Waals surface area contributed by atoms with Gasteiger partial charge in [-0.2, -0.15) is 0 Å². The van der Waals surface area contributed by atoms with E-state index in [0.29, 0.717) is 24.6 Å². The zero-order valence-corrected chi connectivity index (χ0v) is 19.8. The molecule has 1 aromatic carbocycles. The van der Waals surface area contributed by atoms with Crippen molar-refractivity contribution in [1.29, 1.82) is 0 Å². The van der Waals surface area contributed by atoms with Gasteiger partial charge in [-0.15, -0.1) is 35.3 Å². The fraction of sp³-hybridized carbons (Fsp3) is 0.400. The molecule has 7 nitrogen and oxygen atoms in total. The Morgan fingerprint density at radius 3 is 2.83 bits per heavy atom. The summed E-state index contributed by atoms with van der Waals surface area (Å²) < 4.78 is 10.5. The molecule has 9 heteroatoms. The standard InChI is InChI=1S/C20H26N4O3S.HI/c1-26-16-4-3-14(11-17(16)27-2)5-8-22-20(21)23-12-19(25)24-9-6-18-15(13-24)7-10-28-18;/h3-4,7,10-11H,5-6,8-9,12-13H2,1-2H3,(H3,21,22,23);1H. The molecule has 3 N–H and O–H groups in total. The number of methoxy groups -OCH3 is 2. The summed E-state index contributed by atoms with van der Waals surface area (Å²) in [4.78, 5) is 19.8. The van der Waals surface area contributed by atoms with Crippen molar-refractivity contribution in [3.8, 4) is 11.5 Å². The van der Waals surface area contributed by atoms with Crippen molar-refractivity contribution in [3.05, 3.63) is 45.6 Å². The summed E-state index contributed by atoms with van der Waals surface area (Å²) >= 11 is 1.76. The van der Waals surface area contributed by atoms with E-state index in [1.165, 1.54) is 10.4 Å². The third kappa shape index (κ3) is 6.23. The van der Waals surface area contributed by atoms with Gasteiger partial charge in [0, 0.05) is 24.5 Å². The van der Waals surface area contributed by atoms with Crippen LogP contribution < -0.4 is 20.5 Å². The van der Waals surface area contributed by atoms with Gasteiger partial charge in [-0.1, -0.05) is 6.07 Å². The molecule has 0 aliphatic carbocycles. The average molecular weight is 530 g/mol. The van der Waals surface area contributed by atoms with Crippen LogP contribution in [-0.4, -0.2) is 50.6 Å². The van der Waals surface area contributed by atoms with Gasteiger partial charge in [0.15, 0.2) is 17.5 Å². The molecule has 0 saturated heterocycles. The lowest BCUT2D eigenvalue weighted by molar-refractivity contribution is -0.130. The molecule has 1 aromatic heterocycles. The predicted molar refractivity (Wildman–Crippen MR) is 127 cm³/mol. The van der Waals surface area contributed by atoms with E-state index in [2.05, 4.69) is 21.8 Å². The summed E-state index contributed by atoms with van der Waals surface area (Å²) in [6.07, 6.45) is 1.67. The first-order valence-corrected chi connectivity index (χ1v) is 10.1. The summed E-state index contributed by atoms with van der Waals surface area (Å²) in [5.74, 6) is 1.68. The van der Waals surface area contributed by atoms with Crippen molar-refractivity contribution in [2.75, 3.05) is 33.9 Å². The van der Waals surface area contributed by atoms with Crippen molar-refractivity contribution in [3.63, 3.8) is 0 Å². The number of carbonyl (C=O) groups is 1. The number of aliphatic imine (C=N–C) groups is 1. The number of ether oxygens (including phenoxy) is 2. The van der Waals surface area contributed by atoms with Gasteiger partial charge in [0.25, 0.3) is 0 Å². The monoisotopic (exact) mass is 530 g/mol. The number of benzene rings is 1. The Hall–Kier alpha value is -2.01. The van der Waals surface area contributed by atoms with Gasteiger partial charge in [-0.3, -0.25) is 4.79 Å². The van der Waals surface area contributed by atoms with E-state index < -0.39 is 0 Å². The van der Waals surface area contributed by atoms with E-state index in [0.717, 1.165) is 24.9 Å². The highest BCUT2D eigenvalue weighted by atomic mass is 127. The van der Waals surface area contributed by atoms with Crippen molar-refractivity contribution >= 4 is 47.2 Å². The number of guanidine groups is 1. The lowest BCUT2D eigenvalue weighted by Gasteiger charge is -2.26. The molecule has 158 valence electrons. The zero-order valence-electron chi connectivity index (χ0n) is 16.6. The minimum atomic E-state index is 0. The van der Waals surface area contributed by atoms with Crippen molar-refractivity contribution in [1.82, 2.24) is 10.2 Å². The molecule has 0 saturated carbocycles. The second kappa shape index (κ2) is 11.2. The topological polar surface area (TPSA) is 89.2 Å². The zero-order chi connectivity index (χ0) is 19.9. The number of nitrogens with one attached hydrogen (secondary N) is 1. The number of amides is 1. The normalized spacial score (nSPS) is 13.3. The first kappa shape index (κ1) is 23.3. The Balaban J connectivity index is 0.00000300. The van der Waals surface area contributed by atoms with E-state index in [-0.39, 0.29) is 42.4 Å². The molecular formula is C20H27IN4O3S. The summed E-state index contributed by atoms with van der Waals surface area (Å²) in [6, 6.07) is 7.88. The highest BCUT2D eigenvalue weighted by Crippen LogP contribution is 2.27. The number of halogens is 1. The maximum absolute atomic E-state index is 12.4. The van der Waals surface area contributed by atoms with Crippen LogP contribution in [0.25, 0.3) is 0 Å². The Morgan fingerprint density at radius 2 is 2.07 bits per heavy atom. The van der Waals surface area contributed by atoms with Crippen molar-refractivity contribution < 1.29 is 14.3 Å². The van der Waals surface area contributed by atoms with Crippen LogP contribution in [0.5, 0.6) is 11.5 Å². The van der Waals surface area contributed by atoms with Gasteiger partial charge < -0.3 is 25.4 Å². The van der Waals surface area contributed by atoms with Crippen LogP contribution in [0.4, 0.5) is 0 Å².